The molecule has 1 fully saturated rings. The summed E-state index contributed by atoms with van der Waals surface area (Å²) in [4.78, 5) is 1.05. The maximum Gasteiger partial charge on any atom is 0.0543 e. The molecule has 0 amide bonds. The fourth-order valence-corrected chi connectivity index (χ4v) is 3.62. The third kappa shape index (κ3) is 2.82. The summed E-state index contributed by atoms with van der Waals surface area (Å²) < 4.78 is 0. The maximum atomic E-state index is 6.10. The molecule has 1 aliphatic rings. The van der Waals surface area contributed by atoms with Crippen molar-refractivity contribution >= 4 is 35.0 Å². The molecule has 82 valence electrons. The van der Waals surface area contributed by atoms with Crippen molar-refractivity contribution in [3.63, 3.8) is 0 Å². The van der Waals surface area contributed by atoms with E-state index in [0.29, 0.717) is 11.3 Å². The van der Waals surface area contributed by atoms with Gasteiger partial charge in [0.15, 0.2) is 0 Å². The van der Waals surface area contributed by atoms with Gasteiger partial charge in [0.25, 0.3) is 0 Å². The summed E-state index contributed by atoms with van der Waals surface area (Å²) in [6.45, 7) is 0. The molecule has 1 aromatic rings. The second-order valence-corrected chi connectivity index (χ2v) is 5.95. The van der Waals surface area contributed by atoms with Gasteiger partial charge in [-0.25, -0.2) is 0 Å². The first kappa shape index (κ1) is 11.6. The van der Waals surface area contributed by atoms with Crippen molar-refractivity contribution in [2.75, 3.05) is 0 Å². The lowest BCUT2D eigenvalue weighted by atomic mass is 10.3. The number of hydrogen-bond acceptors (Lipinski definition) is 2. The zero-order chi connectivity index (χ0) is 10.8. The molecule has 0 aliphatic heterocycles. The maximum absolute atomic E-state index is 6.10. The van der Waals surface area contributed by atoms with E-state index < -0.39 is 0 Å². The molecule has 1 saturated carbocycles. The number of benzene rings is 1. The van der Waals surface area contributed by atoms with Gasteiger partial charge >= 0.3 is 0 Å². The van der Waals surface area contributed by atoms with Gasteiger partial charge in [0, 0.05) is 21.2 Å². The van der Waals surface area contributed by atoms with Crippen LogP contribution in [0.1, 0.15) is 19.3 Å². The third-order valence-corrected chi connectivity index (χ3v) is 4.83. The Bertz CT molecular complexity index is 356. The van der Waals surface area contributed by atoms with Gasteiger partial charge in [-0.2, -0.15) is 0 Å². The summed E-state index contributed by atoms with van der Waals surface area (Å²) in [7, 11) is 0. The van der Waals surface area contributed by atoms with Crippen LogP contribution in [0.15, 0.2) is 23.1 Å². The smallest absolute Gasteiger partial charge is 0.0543 e. The second kappa shape index (κ2) is 4.96. The number of nitrogens with two attached hydrogens (primary N) is 1. The van der Waals surface area contributed by atoms with Crippen molar-refractivity contribution < 1.29 is 0 Å². The number of halogens is 2. The molecule has 1 nitrogen and oxygen atoms in total. The SMILES string of the molecule is NC1CCCC1Sc1cc(Cl)ccc1Cl. The minimum Gasteiger partial charge on any atom is -0.327 e. The van der Waals surface area contributed by atoms with E-state index >= 15 is 0 Å². The van der Waals surface area contributed by atoms with Crippen LogP contribution in [0.5, 0.6) is 0 Å². The Kier molecular flexibility index (Phi) is 3.83. The van der Waals surface area contributed by atoms with E-state index in [9.17, 15) is 0 Å². The molecule has 1 aromatic carbocycles. The Morgan fingerprint density at radius 3 is 2.73 bits per heavy atom. The lowest BCUT2D eigenvalue weighted by Crippen LogP contribution is -2.26. The first-order chi connectivity index (χ1) is 7.16. The standard InChI is InChI=1S/C11H13Cl2NS/c12-7-4-5-8(13)11(6-7)15-10-3-1-2-9(10)14/h4-6,9-10H,1-3,14H2. The average Bonchev–Trinajstić information content (AvgIpc) is 2.58. The van der Waals surface area contributed by atoms with Crippen LogP contribution in [0.3, 0.4) is 0 Å². The fourth-order valence-electron chi connectivity index (χ4n) is 1.83. The van der Waals surface area contributed by atoms with E-state index in [0.717, 1.165) is 21.4 Å². The quantitative estimate of drug-likeness (QED) is 0.872. The van der Waals surface area contributed by atoms with Gasteiger partial charge in [-0.15, -0.1) is 11.8 Å². The summed E-state index contributed by atoms with van der Waals surface area (Å²) in [5, 5.41) is 1.98. The highest BCUT2D eigenvalue weighted by atomic mass is 35.5. The molecule has 0 saturated heterocycles. The van der Waals surface area contributed by atoms with Crippen LogP contribution in [0.2, 0.25) is 10.0 Å². The molecule has 2 unspecified atom stereocenters. The highest BCUT2D eigenvalue weighted by molar-refractivity contribution is 8.00. The molecule has 15 heavy (non-hydrogen) atoms. The summed E-state index contributed by atoms with van der Waals surface area (Å²) in [5.74, 6) is 0. The predicted molar refractivity (Wildman–Crippen MR) is 67.9 cm³/mol. The molecule has 0 bridgehead atoms. The minimum atomic E-state index is 0.296. The van der Waals surface area contributed by atoms with Gasteiger partial charge in [0.05, 0.1) is 5.02 Å². The molecule has 0 aromatic heterocycles. The molecular weight excluding hydrogens is 249 g/mol. The van der Waals surface area contributed by atoms with Crippen LogP contribution in [-0.4, -0.2) is 11.3 Å². The van der Waals surface area contributed by atoms with E-state index in [1.807, 2.05) is 18.2 Å². The molecule has 2 N–H and O–H groups in total. The summed E-state index contributed by atoms with van der Waals surface area (Å²) >= 11 is 13.8. The van der Waals surface area contributed by atoms with Crippen molar-refractivity contribution in [2.45, 2.75) is 35.4 Å². The van der Waals surface area contributed by atoms with Crippen molar-refractivity contribution in [3.8, 4) is 0 Å². The van der Waals surface area contributed by atoms with Crippen LogP contribution >= 0.6 is 35.0 Å². The summed E-state index contributed by atoms with van der Waals surface area (Å²) in [5.41, 5.74) is 6.02. The van der Waals surface area contributed by atoms with Gasteiger partial charge in [0.2, 0.25) is 0 Å². The highest BCUT2D eigenvalue weighted by Gasteiger charge is 2.25. The predicted octanol–water partition coefficient (Wildman–Crippen LogP) is 3.97. The normalized spacial score (nSPS) is 25.8. The fraction of sp³-hybridized carbons (Fsp3) is 0.455. The molecule has 0 spiro atoms. The van der Waals surface area contributed by atoms with Crippen molar-refractivity contribution in [2.24, 2.45) is 5.73 Å². The van der Waals surface area contributed by atoms with E-state index in [4.69, 9.17) is 28.9 Å². The molecule has 2 atom stereocenters. The monoisotopic (exact) mass is 261 g/mol. The zero-order valence-electron chi connectivity index (χ0n) is 8.25. The van der Waals surface area contributed by atoms with E-state index in [2.05, 4.69) is 0 Å². The van der Waals surface area contributed by atoms with Gasteiger partial charge in [-0.1, -0.05) is 29.6 Å². The second-order valence-electron chi connectivity index (χ2n) is 3.83. The molecule has 2 rings (SSSR count). The van der Waals surface area contributed by atoms with Crippen LogP contribution in [0, 0.1) is 0 Å². The first-order valence-corrected chi connectivity index (χ1v) is 6.67. The van der Waals surface area contributed by atoms with Crippen molar-refractivity contribution in [1.29, 1.82) is 0 Å². The van der Waals surface area contributed by atoms with Gasteiger partial charge in [-0.05, 0) is 31.0 Å². The number of rotatable bonds is 2. The van der Waals surface area contributed by atoms with Crippen molar-refractivity contribution in [3.05, 3.63) is 28.2 Å². The zero-order valence-corrected chi connectivity index (χ0v) is 10.6. The molecule has 0 heterocycles. The Morgan fingerprint density at radius 2 is 2.07 bits per heavy atom. The summed E-state index contributed by atoms with van der Waals surface area (Å²) in [6.07, 6.45) is 3.52. The number of hydrogen-bond donors (Lipinski definition) is 1. The van der Waals surface area contributed by atoms with Gasteiger partial charge in [-0.3, -0.25) is 0 Å². The highest BCUT2D eigenvalue weighted by Crippen LogP contribution is 2.38. The topological polar surface area (TPSA) is 26.0 Å². The molecule has 1 aliphatic carbocycles. The average molecular weight is 262 g/mol. The van der Waals surface area contributed by atoms with Crippen LogP contribution in [-0.2, 0) is 0 Å². The van der Waals surface area contributed by atoms with E-state index in [-0.39, 0.29) is 0 Å². The Hall–Kier alpha value is 0.110. The summed E-state index contributed by atoms with van der Waals surface area (Å²) in [6, 6.07) is 5.86. The molecular formula is C11H13Cl2NS. The van der Waals surface area contributed by atoms with Gasteiger partial charge in [0.1, 0.15) is 0 Å². The van der Waals surface area contributed by atoms with Crippen molar-refractivity contribution in [1.82, 2.24) is 0 Å². The Balaban J connectivity index is 2.12. The molecule has 0 radical (unpaired) electrons. The third-order valence-electron chi connectivity index (χ3n) is 2.68. The lowest BCUT2D eigenvalue weighted by molar-refractivity contribution is 0.716. The van der Waals surface area contributed by atoms with E-state index in [1.54, 1.807) is 11.8 Å². The van der Waals surface area contributed by atoms with Crippen LogP contribution in [0.25, 0.3) is 0 Å². The first-order valence-electron chi connectivity index (χ1n) is 5.04. The lowest BCUT2D eigenvalue weighted by Gasteiger charge is -2.15. The molecule has 4 heteroatoms. The largest absolute Gasteiger partial charge is 0.327 e. The number of thioether (sulfide) groups is 1. The van der Waals surface area contributed by atoms with E-state index in [1.165, 1.54) is 12.8 Å². The Morgan fingerprint density at radius 1 is 1.27 bits per heavy atom. The Labute approximate surface area is 104 Å². The minimum absolute atomic E-state index is 0.296. The van der Waals surface area contributed by atoms with Crippen LogP contribution < -0.4 is 5.73 Å². The van der Waals surface area contributed by atoms with Crippen LogP contribution in [0.4, 0.5) is 0 Å². The van der Waals surface area contributed by atoms with Gasteiger partial charge < -0.3 is 5.73 Å².